The molecule has 5 atom stereocenters. The lowest BCUT2D eigenvalue weighted by Crippen LogP contribution is -2.55. The van der Waals surface area contributed by atoms with Gasteiger partial charge in [-0.2, -0.15) is 0 Å². The molecule has 4 unspecified atom stereocenters. The van der Waals surface area contributed by atoms with E-state index in [1.165, 1.54) is 6.42 Å². The second-order valence-electron chi connectivity index (χ2n) is 9.28. The fourth-order valence-electron chi connectivity index (χ4n) is 6.67. The normalized spacial score (nSPS) is 30.0. The number of nitrogens with zero attached hydrogens (tertiary/aromatic N) is 3. The van der Waals surface area contributed by atoms with Gasteiger partial charge in [-0.3, -0.25) is 9.88 Å². The molecule has 1 spiro atoms. The lowest BCUT2D eigenvalue weighted by molar-refractivity contribution is -0.0198. The molecule has 5 heterocycles. The number of hydrogen-bond donors (Lipinski definition) is 2. The number of H-pyrrole nitrogens is 1. The van der Waals surface area contributed by atoms with Crippen LogP contribution < -0.4 is 0 Å². The third-order valence-corrected chi connectivity index (χ3v) is 8.20. The number of hydrogen-bond acceptors (Lipinski definition) is 4. The number of rotatable bonds is 4. The first-order valence-electron chi connectivity index (χ1n) is 11.1. The average Bonchev–Trinajstić information content (AvgIpc) is 3.16. The number of nitrogens with one attached hydrogen (secondary N) is 1. The van der Waals surface area contributed by atoms with Crippen LogP contribution in [-0.4, -0.2) is 43.1 Å². The summed E-state index contributed by atoms with van der Waals surface area (Å²) in [6.45, 7) is 5.12. The van der Waals surface area contributed by atoms with Crippen LogP contribution in [0.1, 0.15) is 24.5 Å². The van der Waals surface area contributed by atoms with Crippen molar-refractivity contribution in [2.45, 2.75) is 30.5 Å². The number of aliphatic hydroxyl groups excluding tert-OH is 1. The molecule has 0 radical (unpaired) electrons. The molecule has 3 aliphatic rings. The molecule has 1 saturated carbocycles. The highest BCUT2D eigenvalue weighted by atomic mass is 16.3. The molecule has 154 valence electrons. The Morgan fingerprint density at radius 3 is 2.94 bits per heavy atom. The summed E-state index contributed by atoms with van der Waals surface area (Å²) >= 11 is 0. The maximum absolute atomic E-state index is 11.5. The number of benzene rings is 1. The van der Waals surface area contributed by atoms with E-state index in [-0.39, 0.29) is 6.04 Å². The first-order valence-corrected chi connectivity index (χ1v) is 11.1. The van der Waals surface area contributed by atoms with Crippen LogP contribution in [0.5, 0.6) is 0 Å². The maximum Gasteiger partial charge on any atom is 0.137 e. The fourth-order valence-corrected chi connectivity index (χ4v) is 6.67. The van der Waals surface area contributed by atoms with E-state index >= 15 is 0 Å². The van der Waals surface area contributed by atoms with E-state index in [1.54, 1.807) is 6.20 Å². The number of aromatic amines is 1. The second-order valence-corrected chi connectivity index (χ2v) is 9.28. The van der Waals surface area contributed by atoms with E-state index in [0.717, 1.165) is 51.6 Å². The smallest absolute Gasteiger partial charge is 0.137 e. The fraction of sp³-hybridized carbons (Fsp3) is 0.308. The van der Waals surface area contributed by atoms with Crippen LogP contribution in [0.25, 0.3) is 33.1 Å². The van der Waals surface area contributed by atoms with Gasteiger partial charge in [0.15, 0.2) is 0 Å². The third-order valence-electron chi connectivity index (χ3n) is 8.20. The van der Waals surface area contributed by atoms with Gasteiger partial charge in [0.1, 0.15) is 5.65 Å². The van der Waals surface area contributed by atoms with Gasteiger partial charge < -0.3 is 10.1 Å². The van der Waals surface area contributed by atoms with Gasteiger partial charge in [0.05, 0.1) is 11.6 Å². The molecule has 5 heteroatoms. The van der Waals surface area contributed by atoms with Crippen LogP contribution in [0, 0.1) is 11.8 Å². The monoisotopic (exact) mass is 408 g/mol. The van der Waals surface area contributed by atoms with Crippen molar-refractivity contribution in [3.8, 4) is 11.1 Å². The minimum atomic E-state index is -0.513. The van der Waals surface area contributed by atoms with Crippen molar-refractivity contribution in [3.05, 3.63) is 73.2 Å². The number of aromatic nitrogens is 3. The van der Waals surface area contributed by atoms with Crippen LogP contribution in [-0.2, 0) is 0 Å². The SMILES string of the molecule is C=CC1C2CC([C@H](O)c3ccnc4ccc(-c5c[nH]c6ncccc56)cc34)N3CCC123. The molecule has 1 aromatic carbocycles. The maximum atomic E-state index is 11.5. The molecule has 7 rings (SSSR count). The Morgan fingerprint density at radius 2 is 2.13 bits per heavy atom. The first kappa shape index (κ1) is 17.6. The van der Waals surface area contributed by atoms with Crippen LogP contribution in [0.2, 0.25) is 0 Å². The molecular formula is C26H24N4O. The minimum Gasteiger partial charge on any atom is -0.387 e. The van der Waals surface area contributed by atoms with E-state index < -0.39 is 6.10 Å². The minimum absolute atomic E-state index is 0.182. The third kappa shape index (κ3) is 2.17. The van der Waals surface area contributed by atoms with Gasteiger partial charge in [0.25, 0.3) is 0 Å². The summed E-state index contributed by atoms with van der Waals surface area (Å²) in [5.74, 6) is 1.28. The van der Waals surface area contributed by atoms with E-state index in [0.29, 0.717) is 17.4 Å². The Bertz CT molecular complexity index is 1360. The van der Waals surface area contributed by atoms with Crippen molar-refractivity contribution < 1.29 is 5.11 Å². The molecule has 2 N–H and O–H groups in total. The van der Waals surface area contributed by atoms with Crippen LogP contribution in [0.3, 0.4) is 0 Å². The Labute approximate surface area is 180 Å². The van der Waals surface area contributed by atoms with Crippen molar-refractivity contribution >= 4 is 21.9 Å². The van der Waals surface area contributed by atoms with Crippen molar-refractivity contribution in [3.63, 3.8) is 0 Å². The molecular weight excluding hydrogens is 384 g/mol. The van der Waals surface area contributed by atoms with Gasteiger partial charge in [-0.15, -0.1) is 6.58 Å². The van der Waals surface area contributed by atoms with Crippen LogP contribution >= 0.6 is 0 Å². The standard InChI is InChI=1S/C26H24N4O/c1-2-20-21-13-23(30-11-8-26(20,21)30)24(31)16-7-10-27-22-6-5-15(12-18(16)22)19-14-29-25-17(19)4-3-9-28-25/h2-7,9-10,12,14,20-21,23-24,31H,1,8,11,13H2,(H,28,29)/t20?,21?,23?,24-,26?/m1/s1. The predicted molar refractivity (Wildman–Crippen MR) is 121 cm³/mol. The quantitative estimate of drug-likeness (QED) is 0.490. The second kappa shape index (κ2) is 6.02. The lowest BCUT2D eigenvalue weighted by atomic mass is 9.91. The Kier molecular flexibility index (Phi) is 3.43. The van der Waals surface area contributed by atoms with Gasteiger partial charge in [-0.25, -0.2) is 4.98 Å². The van der Waals surface area contributed by atoms with E-state index in [1.807, 2.05) is 24.5 Å². The molecule has 3 aromatic heterocycles. The highest BCUT2D eigenvalue weighted by Gasteiger charge is 2.76. The van der Waals surface area contributed by atoms with Crippen molar-refractivity contribution in [2.24, 2.45) is 11.8 Å². The van der Waals surface area contributed by atoms with Gasteiger partial charge in [0, 0.05) is 53.1 Å². The van der Waals surface area contributed by atoms with Gasteiger partial charge in [-0.1, -0.05) is 12.1 Å². The summed E-state index contributed by atoms with van der Waals surface area (Å²) in [6.07, 6.45) is 9.54. The molecule has 31 heavy (non-hydrogen) atoms. The number of fused-ring (bicyclic) bond motifs is 2. The molecule has 3 fully saturated rings. The molecule has 5 nitrogen and oxygen atoms in total. The largest absolute Gasteiger partial charge is 0.387 e. The molecule has 4 aromatic rings. The zero-order chi connectivity index (χ0) is 20.7. The highest BCUT2D eigenvalue weighted by molar-refractivity contribution is 5.96. The lowest BCUT2D eigenvalue weighted by Gasteiger charge is -2.46. The molecule has 0 bridgehead atoms. The molecule has 2 aliphatic heterocycles. The topological polar surface area (TPSA) is 65.0 Å². The summed E-state index contributed by atoms with van der Waals surface area (Å²) in [5, 5.41) is 13.6. The van der Waals surface area contributed by atoms with Gasteiger partial charge in [0.2, 0.25) is 0 Å². The Hall–Kier alpha value is -3.02. The van der Waals surface area contributed by atoms with Crippen LogP contribution in [0.4, 0.5) is 0 Å². The van der Waals surface area contributed by atoms with E-state index in [2.05, 4.69) is 56.8 Å². The molecule has 1 aliphatic carbocycles. The summed E-state index contributed by atoms with van der Waals surface area (Å²) in [6, 6.07) is 12.6. The van der Waals surface area contributed by atoms with E-state index in [9.17, 15) is 5.11 Å². The molecule has 2 saturated heterocycles. The summed E-state index contributed by atoms with van der Waals surface area (Å²) in [4.78, 5) is 14.8. The van der Waals surface area contributed by atoms with Gasteiger partial charge >= 0.3 is 0 Å². The van der Waals surface area contributed by atoms with Crippen molar-refractivity contribution in [2.75, 3.05) is 6.54 Å². The zero-order valence-electron chi connectivity index (χ0n) is 17.2. The first-order chi connectivity index (χ1) is 15.2. The van der Waals surface area contributed by atoms with Crippen LogP contribution in [0.15, 0.2) is 67.6 Å². The summed E-state index contributed by atoms with van der Waals surface area (Å²) in [5.41, 5.74) is 5.31. The van der Waals surface area contributed by atoms with Crippen molar-refractivity contribution in [1.82, 2.24) is 19.9 Å². The predicted octanol–water partition coefficient (Wildman–Crippen LogP) is 4.46. The van der Waals surface area contributed by atoms with Crippen molar-refractivity contribution in [1.29, 1.82) is 0 Å². The highest BCUT2D eigenvalue weighted by Crippen LogP contribution is 2.70. The summed E-state index contributed by atoms with van der Waals surface area (Å²) in [7, 11) is 0. The zero-order valence-corrected chi connectivity index (χ0v) is 17.2. The average molecular weight is 409 g/mol. The number of piperidine rings is 1. The van der Waals surface area contributed by atoms with E-state index in [4.69, 9.17) is 0 Å². The summed E-state index contributed by atoms with van der Waals surface area (Å²) < 4.78 is 0. The number of aliphatic hydroxyl groups is 1. The Balaban J connectivity index is 1.30. The van der Waals surface area contributed by atoms with Gasteiger partial charge in [-0.05, 0) is 66.1 Å². The molecule has 0 amide bonds. The Morgan fingerprint density at radius 1 is 1.19 bits per heavy atom. The number of pyridine rings is 2.